The zero-order valence-corrected chi connectivity index (χ0v) is 12.0. The number of hydrogen-bond acceptors (Lipinski definition) is 4. The fourth-order valence-electron chi connectivity index (χ4n) is 2.36. The number of nitrogens with one attached hydrogen (secondary N) is 1. The van der Waals surface area contributed by atoms with E-state index in [1.807, 2.05) is 0 Å². The monoisotopic (exact) mass is 279 g/mol. The molecule has 0 saturated heterocycles. The summed E-state index contributed by atoms with van der Waals surface area (Å²) in [4.78, 5) is 20.1. The number of rotatable bonds is 4. The SMILES string of the molecule is O=C(CSc1ncccn1)NC1CCCCCCC1. The number of hydrogen-bond donors (Lipinski definition) is 1. The Morgan fingerprint density at radius 2 is 1.79 bits per heavy atom. The normalized spacial score (nSPS) is 17.5. The van der Waals surface area contributed by atoms with Crippen molar-refractivity contribution in [2.75, 3.05) is 5.75 Å². The molecule has 1 N–H and O–H groups in total. The van der Waals surface area contributed by atoms with E-state index in [4.69, 9.17) is 0 Å². The van der Waals surface area contributed by atoms with Gasteiger partial charge in [-0.1, -0.05) is 43.9 Å². The highest BCUT2D eigenvalue weighted by Crippen LogP contribution is 2.17. The van der Waals surface area contributed by atoms with Crippen LogP contribution in [0.15, 0.2) is 23.6 Å². The molecule has 1 aliphatic carbocycles. The van der Waals surface area contributed by atoms with Crippen molar-refractivity contribution in [2.24, 2.45) is 0 Å². The zero-order chi connectivity index (χ0) is 13.3. The molecule has 0 unspecified atom stereocenters. The van der Waals surface area contributed by atoms with Crippen molar-refractivity contribution in [1.82, 2.24) is 15.3 Å². The first kappa shape index (κ1) is 14.3. The van der Waals surface area contributed by atoms with Crippen LogP contribution in [0.25, 0.3) is 0 Å². The van der Waals surface area contributed by atoms with E-state index in [9.17, 15) is 4.79 Å². The van der Waals surface area contributed by atoms with E-state index < -0.39 is 0 Å². The first-order valence-electron chi connectivity index (χ1n) is 7.04. The Morgan fingerprint density at radius 1 is 1.16 bits per heavy atom. The maximum absolute atomic E-state index is 11.9. The third kappa shape index (κ3) is 5.59. The van der Waals surface area contributed by atoms with Gasteiger partial charge in [0.2, 0.25) is 5.91 Å². The maximum atomic E-state index is 11.9. The summed E-state index contributed by atoms with van der Waals surface area (Å²) in [5.74, 6) is 0.503. The van der Waals surface area contributed by atoms with Crippen molar-refractivity contribution in [1.29, 1.82) is 0 Å². The summed E-state index contributed by atoms with van der Waals surface area (Å²) in [5, 5.41) is 3.80. The Balaban J connectivity index is 1.71. The summed E-state index contributed by atoms with van der Waals surface area (Å²) >= 11 is 1.39. The van der Waals surface area contributed by atoms with Crippen LogP contribution in [-0.2, 0) is 4.79 Å². The molecule has 1 saturated carbocycles. The maximum Gasteiger partial charge on any atom is 0.230 e. The molecule has 0 atom stereocenters. The van der Waals surface area contributed by atoms with Gasteiger partial charge in [0.25, 0.3) is 0 Å². The fraction of sp³-hybridized carbons (Fsp3) is 0.643. The Bertz CT molecular complexity index is 378. The number of amides is 1. The van der Waals surface area contributed by atoms with Gasteiger partial charge >= 0.3 is 0 Å². The van der Waals surface area contributed by atoms with Gasteiger partial charge in [-0.2, -0.15) is 0 Å². The lowest BCUT2D eigenvalue weighted by molar-refractivity contribution is -0.119. The summed E-state index contributed by atoms with van der Waals surface area (Å²) in [6, 6.07) is 2.14. The molecule has 1 fully saturated rings. The standard InChI is InChI=1S/C14H21N3OS/c18-13(11-19-14-15-9-6-10-16-14)17-12-7-4-2-1-3-5-8-12/h6,9-10,12H,1-5,7-8,11H2,(H,17,18). The lowest BCUT2D eigenvalue weighted by Crippen LogP contribution is -2.36. The molecule has 0 radical (unpaired) electrons. The fourth-order valence-corrected chi connectivity index (χ4v) is 2.97. The smallest absolute Gasteiger partial charge is 0.230 e. The average Bonchev–Trinajstić information content (AvgIpc) is 2.41. The van der Waals surface area contributed by atoms with Crippen molar-refractivity contribution in [2.45, 2.75) is 56.1 Å². The first-order valence-corrected chi connectivity index (χ1v) is 8.02. The van der Waals surface area contributed by atoms with E-state index in [1.165, 1.54) is 43.9 Å². The minimum Gasteiger partial charge on any atom is -0.353 e. The van der Waals surface area contributed by atoms with Crippen molar-refractivity contribution in [3.63, 3.8) is 0 Å². The van der Waals surface area contributed by atoms with Gasteiger partial charge in [0, 0.05) is 18.4 Å². The third-order valence-electron chi connectivity index (χ3n) is 3.34. The van der Waals surface area contributed by atoms with Crippen molar-refractivity contribution >= 4 is 17.7 Å². The molecule has 0 bridgehead atoms. The Morgan fingerprint density at radius 3 is 2.47 bits per heavy atom. The topological polar surface area (TPSA) is 54.9 Å². The lowest BCUT2D eigenvalue weighted by Gasteiger charge is -2.20. The van der Waals surface area contributed by atoms with Gasteiger partial charge in [-0.15, -0.1) is 0 Å². The molecule has 0 spiro atoms. The number of carbonyl (C=O) groups excluding carboxylic acids is 1. The van der Waals surface area contributed by atoms with Gasteiger partial charge < -0.3 is 5.32 Å². The number of aromatic nitrogens is 2. The van der Waals surface area contributed by atoms with Crippen molar-refractivity contribution in [3.8, 4) is 0 Å². The predicted octanol–water partition coefficient (Wildman–Crippen LogP) is 2.80. The van der Waals surface area contributed by atoms with E-state index in [1.54, 1.807) is 18.5 Å². The lowest BCUT2D eigenvalue weighted by atomic mass is 9.97. The van der Waals surface area contributed by atoms with Gasteiger partial charge in [0.05, 0.1) is 5.75 Å². The van der Waals surface area contributed by atoms with Crippen molar-refractivity contribution < 1.29 is 4.79 Å². The molecular formula is C14H21N3OS. The summed E-state index contributed by atoms with van der Waals surface area (Å²) in [6.07, 6.45) is 12.1. The average molecular weight is 279 g/mol. The van der Waals surface area contributed by atoms with Crippen LogP contribution in [0, 0.1) is 0 Å². The van der Waals surface area contributed by atoms with E-state index in [-0.39, 0.29) is 5.91 Å². The number of carbonyl (C=O) groups is 1. The molecule has 1 aromatic rings. The first-order chi connectivity index (χ1) is 9.34. The van der Waals surface area contributed by atoms with Gasteiger partial charge in [-0.05, 0) is 18.9 Å². The van der Waals surface area contributed by atoms with E-state index in [2.05, 4.69) is 15.3 Å². The second kappa shape index (κ2) is 8.15. The molecule has 0 aromatic carbocycles. The highest BCUT2D eigenvalue weighted by molar-refractivity contribution is 7.99. The minimum absolute atomic E-state index is 0.100. The van der Waals surface area contributed by atoms with E-state index in [0.717, 1.165) is 12.8 Å². The Kier molecular flexibility index (Phi) is 6.14. The molecule has 2 rings (SSSR count). The molecular weight excluding hydrogens is 258 g/mol. The third-order valence-corrected chi connectivity index (χ3v) is 4.22. The van der Waals surface area contributed by atoms with Gasteiger partial charge in [-0.3, -0.25) is 4.79 Å². The molecule has 1 amide bonds. The Hall–Kier alpha value is -1.10. The quantitative estimate of drug-likeness (QED) is 0.680. The molecule has 19 heavy (non-hydrogen) atoms. The van der Waals surface area contributed by atoms with Crippen LogP contribution >= 0.6 is 11.8 Å². The molecule has 1 aromatic heterocycles. The second-order valence-electron chi connectivity index (χ2n) is 4.93. The molecule has 5 heteroatoms. The van der Waals surface area contributed by atoms with Crippen LogP contribution in [0.3, 0.4) is 0 Å². The summed E-state index contributed by atoms with van der Waals surface area (Å²) in [6.45, 7) is 0. The second-order valence-corrected chi connectivity index (χ2v) is 5.87. The summed E-state index contributed by atoms with van der Waals surface area (Å²) in [5.41, 5.74) is 0. The van der Waals surface area contributed by atoms with Crippen LogP contribution in [0.5, 0.6) is 0 Å². The highest BCUT2D eigenvalue weighted by Gasteiger charge is 2.14. The van der Waals surface area contributed by atoms with Crippen LogP contribution < -0.4 is 5.32 Å². The number of nitrogens with zero attached hydrogens (tertiary/aromatic N) is 2. The summed E-state index contributed by atoms with van der Waals surface area (Å²) in [7, 11) is 0. The molecule has 1 aliphatic rings. The molecule has 1 heterocycles. The molecule has 4 nitrogen and oxygen atoms in total. The van der Waals surface area contributed by atoms with E-state index >= 15 is 0 Å². The zero-order valence-electron chi connectivity index (χ0n) is 11.2. The van der Waals surface area contributed by atoms with Gasteiger partial charge in [0.1, 0.15) is 0 Å². The van der Waals surface area contributed by atoms with Crippen LogP contribution in [0.4, 0.5) is 0 Å². The number of thioether (sulfide) groups is 1. The van der Waals surface area contributed by atoms with Crippen molar-refractivity contribution in [3.05, 3.63) is 18.5 Å². The minimum atomic E-state index is 0.100. The van der Waals surface area contributed by atoms with E-state index in [0.29, 0.717) is 17.0 Å². The van der Waals surface area contributed by atoms with Crippen LogP contribution in [-0.4, -0.2) is 27.7 Å². The van der Waals surface area contributed by atoms with Gasteiger partial charge in [0.15, 0.2) is 5.16 Å². The summed E-state index contributed by atoms with van der Waals surface area (Å²) < 4.78 is 0. The van der Waals surface area contributed by atoms with Crippen LogP contribution in [0.2, 0.25) is 0 Å². The predicted molar refractivity (Wildman–Crippen MR) is 77.0 cm³/mol. The van der Waals surface area contributed by atoms with Gasteiger partial charge in [-0.25, -0.2) is 9.97 Å². The molecule has 104 valence electrons. The Labute approximate surface area is 118 Å². The molecule has 0 aliphatic heterocycles. The largest absolute Gasteiger partial charge is 0.353 e. The highest BCUT2D eigenvalue weighted by atomic mass is 32.2. The van der Waals surface area contributed by atoms with Crippen LogP contribution in [0.1, 0.15) is 44.9 Å².